The summed E-state index contributed by atoms with van der Waals surface area (Å²) in [6.45, 7) is 4.76. The number of benzene rings is 1. The van der Waals surface area contributed by atoms with Crippen LogP contribution in [0, 0.1) is 6.92 Å². The van der Waals surface area contributed by atoms with Crippen LogP contribution in [0.5, 0.6) is 11.5 Å². The van der Waals surface area contributed by atoms with Crippen molar-refractivity contribution >= 4 is 10.9 Å². The SMILES string of the molecule is COc1ccc(OC)c2c(=O)c(CN3CCCC3)c(C)[nH]c12. The van der Waals surface area contributed by atoms with Gasteiger partial charge in [0.05, 0.1) is 25.1 Å². The highest BCUT2D eigenvalue weighted by atomic mass is 16.5. The van der Waals surface area contributed by atoms with Gasteiger partial charge in [-0.15, -0.1) is 0 Å². The zero-order chi connectivity index (χ0) is 15.7. The van der Waals surface area contributed by atoms with Gasteiger partial charge >= 0.3 is 0 Å². The summed E-state index contributed by atoms with van der Waals surface area (Å²) in [5.41, 5.74) is 2.46. The Balaban J connectivity index is 2.20. The molecule has 2 aromatic rings. The number of H-pyrrole nitrogens is 1. The average molecular weight is 302 g/mol. The summed E-state index contributed by atoms with van der Waals surface area (Å²) in [7, 11) is 3.19. The number of pyridine rings is 1. The van der Waals surface area contributed by atoms with E-state index < -0.39 is 0 Å². The number of rotatable bonds is 4. The number of nitrogens with zero attached hydrogens (tertiary/aromatic N) is 1. The molecule has 0 aliphatic carbocycles. The molecule has 1 aliphatic rings. The molecule has 0 unspecified atom stereocenters. The van der Waals surface area contributed by atoms with Crippen LogP contribution in [0.3, 0.4) is 0 Å². The monoisotopic (exact) mass is 302 g/mol. The van der Waals surface area contributed by atoms with Crippen molar-refractivity contribution in [3.8, 4) is 11.5 Å². The van der Waals surface area contributed by atoms with E-state index in [9.17, 15) is 4.79 Å². The maximum atomic E-state index is 13.0. The zero-order valence-corrected chi connectivity index (χ0v) is 13.4. The van der Waals surface area contributed by atoms with Gasteiger partial charge in [0.1, 0.15) is 11.5 Å². The number of aromatic amines is 1. The lowest BCUT2D eigenvalue weighted by atomic mass is 10.1. The van der Waals surface area contributed by atoms with Gasteiger partial charge in [0.25, 0.3) is 0 Å². The third kappa shape index (κ3) is 2.46. The molecule has 0 bridgehead atoms. The molecule has 5 heteroatoms. The largest absolute Gasteiger partial charge is 0.496 e. The fraction of sp³-hybridized carbons (Fsp3) is 0.471. The summed E-state index contributed by atoms with van der Waals surface area (Å²) in [5, 5.41) is 0.571. The molecule has 5 nitrogen and oxygen atoms in total. The van der Waals surface area contributed by atoms with Gasteiger partial charge in [-0.05, 0) is 45.0 Å². The first-order valence-corrected chi connectivity index (χ1v) is 7.64. The summed E-state index contributed by atoms with van der Waals surface area (Å²) in [4.78, 5) is 18.7. The van der Waals surface area contributed by atoms with Crippen molar-refractivity contribution < 1.29 is 9.47 Å². The van der Waals surface area contributed by atoms with Crippen LogP contribution in [0.1, 0.15) is 24.1 Å². The molecule has 118 valence electrons. The van der Waals surface area contributed by atoms with Gasteiger partial charge in [-0.25, -0.2) is 0 Å². The Labute approximate surface area is 129 Å². The second-order valence-electron chi connectivity index (χ2n) is 5.76. The van der Waals surface area contributed by atoms with E-state index in [4.69, 9.17) is 9.47 Å². The van der Waals surface area contributed by atoms with Crippen LogP contribution < -0.4 is 14.9 Å². The third-order valence-electron chi connectivity index (χ3n) is 4.42. The summed E-state index contributed by atoms with van der Waals surface area (Å²) in [6.07, 6.45) is 2.42. The molecule has 1 N–H and O–H groups in total. The van der Waals surface area contributed by atoms with E-state index in [-0.39, 0.29) is 5.43 Å². The first-order valence-electron chi connectivity index (χ1n) is 7.64. The van der Waals surface area contributed by atoms with Crippen molar-refractivity contribution in [3.63, 3.8) is 0 Å². The van der Waals surface area contributed by atoms with Crippen LogP contribution in [0.4, 0.5) is 0 Å². The van der Waals surface area contributed by atoms with E-state index in [0.29, 0.717) is 28.9 Å². The third-order valence-corrected chi connectivity index (χ3v) is 4.42. The van der Waals surface area contributed by atoms with Crippen molar-refractivity contribution in [3.05, 3.63) is 33.6 Å². The van der Waals surface area contributed by atoms with Gasteiger partial charge in [0, 0.05) is 17.8 Å². The minimum atomic E-state index is 0.0360. The van der Waals surface area contributed by atoms with Crippen LogP contribution >= 0.6 is 0 Å². The highest BCUT2D eigenvalue weighted by Gasteiger charge is 2.19. The summed E-state index contributed by atoms with van der Waals surface area (Å²) >= 11 is 0. The second kappa shape index (κ2) is 6.01. The highest BCUT2D eigenvalue weighted by Crippen LogP contribution is 2.30. The van der Waals surface area contributed by atoms with E-state index in [1.807, 2.05) is 13.0 Å². The zero-order valence-electron chi connectivity index (χ0n) is 13.4. The maximum Gasteiger partial charge on any atom is 0.198 e. The van der Waals surface area contributed by atoms with Gasteiger partial charge in [-0.1, -0.05) is 0 Å². The predicted octanol–water partition coefficient (Wildman–Crippen LogP) is 2.45. The van der Waals surface area contributed by atoms with Gasteiger partial charge in [0.15, 0.2) is 5.43 Å². The smallest absolute Gasteiger partial charge is 0.198 e. The quantitative estimate of drug-likeness (QED) is 0.942. The summed E-state index contributed by atoms with van der Waals surface area (Å²) < 4.78 is 10.8. The average Bonchev–Trinajstić information content (AvgIpc) is 3.03. The van der Waals surface area contributed by atoms with Gasteiger partial charge < -0.3 is 14.5 Å². The van der Waals surface area contributed by atoms with Crippen LogP contribution in [0.25, 0.3) is 10.9 Å². The number of ether oxygens (including phenoxy) is 2. The van der Waals surface area contributed by atoms with E-state index >= 15 is 0 Å². The minimum absolute atomic E-state index is 0.0360. The minimum Gasteiger partial charge on any atom is -0.496 e. The van der Waals surface area contributed by atoms with Crippen LogP contribution in [0.15, 0.2) is 16.9 Å². The molecule has 2 heterocycles. The topological polar surface area (TPSA) is 54.6 Å². The van der Waals surface area contributed by atoms with E-state index in [0.717, 1.165) is 24.3 Å². The Hall–Kier alpha value is -2.01. The molecule has 22 heavy (non-hydrogen) atoms. The van der Waals surface area contributed by atoms with Crippen molar-refractivity contribution in [2.75, 3.05) is 27.3 Å². The molecule has 0 spiro atoms. The number of likely N-dealkylation sites (tertiary alicyclic amines) is 1. The Bertz CT molecular complexity index is 746. The van der Waals surface area contributed by atoms with E-state index in [2.05, 4.69) is 9.88 Å². The maximum absolute atomic E-state index is 13.0. The number of aromatic nitrogens is 1. The molecular formula is C17H22N2O3. The molecule has 0 atom stereocenters. The molecule has 0 radical (unpaired) electrons. The summed E-state index contributed by atoms with van der Waals surface area (Å²) in [6, 6.07) is 3.60. The van der Waals surface area contributed by atoms with Crippen molar-refractivity contribution in [2.24, 2.45) is 0 Å². The molecule has 1 aromatic heterocycles. The fourth-order valence-corrected chi connectivity index (χ4v) is 3.19. The van der Waals surface area contributed by atoms with Gasteiger partial charge in [-0.2, -0.15) is 0 Å². The first kappa shape index (κ1) is 14.9. The van der Waals surface area contributed by atoms with E-state index in [1.54, 1.807) is 20.3 Å². The molecule has 1 aromatic carbocycles. The van der Waals surface area contributed by atoms with Gasteiger partial charge in [0.2, 0.25) is 0 Å². The lowest BCUT2D eigenvalue weighted by Gasteiger charge is -2.17. The molecule has 1 saturated heterocycles. The molecule has 1 fully saturated rings. The lowest BCUT2D eigenvalue weighted by molar-refractivity contribution is 0.329. The second-order valence-corrected chi connectivity index (χ2v) is 5.76. The normalized spacial score (nSPS) is 15.4. The fourth-order valence-electron chi connectivity index (χ4n) is 3.19. The van der Waals surface area contributed by atoms with Gasteiger partial charge in [-0.3, -0.25) is 9.69 Å². The Kier molecular flexibility index (Phi) is 4.07. The number of nitrogens with one attached hydrogen (secondary N) is 1. The number of hydrogen-bond donors (Lipinski definition) is 1. The molecule has 0 saturated carbocycles. The van der Waals surface area contributed by atoms with Crippen LogP contribution in [-0.4, -0.2) is 37.2 Å². The standard InChI is InChI=1S/C17H22N2O3/c1-11-12(10-19-8-4-5-9-19)17(20)15-13(21-2)6-7-14(22-3)16(15)18-11/h6-7H,4-5,8-10H2,1-3H3,(H,18,20). The van der Waals surface area contributed by atoms with E-state index in [1.165, 1.54) is 12.8 Å². The highest BCUT2D eigenvalue weighted by molar-refractivity contribution is 5.90. The number of hydrogen-bond acceptors (Lipinski definition) is 4. The molecule has 0 amide bonds. The molecule has 3 rings (SSSR count). The van der Waals surface area contributed by atoms with Crippen LogP contribution in [0.2, 0.25) is 0 Å². The molecule has 1 aliphatic heterocycles. The predicted molar refractivity (Wildman–Crippen MR) is 86.9 cm³/mol. The van der Waals surface area contributed by atoms with Crippen molar-refractivity contribution in [2.45, 2.75) is 26.3 Å². The Morgan fingerprint density at radius 2 is 1.77 bits per heavy atom. The number of aryl methyl sites for hydroxylation is 1. The first-order chi connectivity index (χ1) is 10.7. The number of fused-ring (bicyclic) bond motifs is 1. The van der Waals surface area contributed by atoms with Crippen molar-refractivity contribution in [1.29, 1.82) is 0 Å². The molecular weight excluding hydrogens is 280 g/mol. The van der Waals surface area contributed by atoms with Crippen LogP contribution in [-0.2, 0) is 6.54 Å². The Morgan fingerprint density at radius 3 is 2.41 bits per heavy atom. The lowest BCUT2D eigenvalue weighted by Crippen LogP contribution is -2.25. The Morgan fingerprint density at radius 1 is 1.14 bits per heavy atom. The van der Waals surface area contributed by atoms with Crippen molar-refractivity contribution in [1.82, 2.24) is 9.88 Å². The summed E-state index contributed by atoms with van der Waals surface area (Å²) in [5.74, 6) is 1.24. The number of methoxy groups -OCH3 is 2.